The molecule has 0 aliphatic heterocycles. The van der Waals surface area contributed by atoms with Crippen LogP contribution in [0, 0.1) is 5.92 Å². The Morgan fingerprint density at radius 1 is 1.26 bits per heavy atom. The molecule has 0 aliphatic carbocycles. The highest BCUT2D eigenvalue weighted by molar-refractivity contribution is 8.00. The number of amides is 1. The second-order valence-electron chi connectivity index (χ2n) is 5.25. The minimum absolute atomic E-state index is 0.0559. The van der Waals surface area contributed by atoms with Crippen molar-refractivity contribution in [1.29, 1.82) is 0 Å². The van der Waals surface area contributed by atoms with Crippen LogP contribution in [0.4, 0.5) is 0 Å². The lowest BCUT2D eigenvalue weighted by molar-refractivity contribution is -0.138. The Kier molecular flexibility index (Phi) is 9.69. The standard InChI is InChI=1S/C13H26N2O3S/c1-9(2)5-4-6-10(3)15-12(16)8-19-7-11(14)13(17)18/h9-11H,4-8,14H2,1-3H3,(H,15,16)(H,17,18). The van der Waals surface area contributed by atoms with Gasteiger partial charge in [0.1, 0.15) is 6.04 Å². The van der Waals surface area contributed by atoms with E-state index in [0.717, 1.165) is 12.8 Å². The van der Waals surface area contributed by atoms with Crippen molar-refractivity contribution >= 4 is 23.6 Å². The molecule has 0 aromatic rings. The average molecular weight is 290 g/mol. The summed E-state index contributed by atoms with van der Waals surface area (Å²) in [7, 11) is 0. The van der Waals surface area contributed by atoms with Gasteiger partial charge >= 0.3 is 5.97 Å². The molecule has 1 amide bonds. The van der Waals surface area contributed by atoms with Crippen LogP contribution in [0.2, 0.25) is 0 Å². The van der Waals surface area contributed by atoms with Gasteiger partial charge in [-0.25, -0.2) is 0 Å². The Morgan fingerprint density at radius 3 is 2.42 bits per heavy atom. The van der Waals surface area contributed by atoms with E-state index in [1.54, 1.807) is 0 Å². The number of thioether (sulfide) groups is 1. The SMILES string of the molecule is CC(C)CCCC(C)NC(=O)CSCC(N)C(=O)O. The smallest absolute Gasteiger partial charge is 0.321 e. The summed E-state index contributed by atoms with van der Waals surface area (Å²) >= 11 is 1.25. The molecule has 112 valence electrons. The molecule has 0 aromatic carbocycles. The van der Waals surface area contributed by atoms with E-state index in [0.29, 0.717) is 5.92 Å². The maximum Gasteiger partial charge on any atom is 0.321 e. The molecule has 0 radical (unpaired) electrons. The quantitative estimate of drug-likeness (QED) is 0.566. The second-order valence-corrected chi connectivity index (χ2v) is 6.28. The van der Waals surface area contributed by atoms with Crippen LogP contribution in [0.3, 0.4) is 0 Å². The zero-order chi connectivity index (χ0) is 14.8. The lowest BCUT2D eigenvalue weighted by Crippen LogP contribution is -2.36. The lowest BCUT2D eigenvalue weighted by atomic mass is 10.0. The summed E-state index contributed by atoms with van der Waals surface area (Å²) in [6.07, 6.45) is 3.25. The number of carbonyl (C=O) groups is 2. The maximum absolute atomic E-state index is 11.6. The summed E-state index contributed by atoms with van der Waals surface area (Å²) in [5, 5.41) is 11.5. The van der Waals surface area contributed by atoms with Crippen molar-refractivity contribution in [2.45, 2.75) is 52.1 Å². The number of carbonyl (C=O) groups excluding carboxylic acids is 1. The molecule has 0 saturated heterocycles. The van der Waals surface area contributed by atoms with E-state index < -0.39 is 12.0 Å². The normalized spacial score (nSPS) is 14.2. The Hall–Kier alpha value is -0.750. The lowest BCUT2D eigenvalue weighted by Gasteiger charge is -2.14. The number of nitrogens with one attached hydrogen (secondary N) is 1. The summed E-state index contributed by atoms with van der Waals surface area (Å²) in [6, 6.07) is -0.735. The molecule has 0 rings (SSSR count). The van der Waals surface area contributed by atoms with Gasteiger partial charge in [0.25, 0.3) is 0 Å². The van der Waals surface area contributed by atoms with E-state index in [2.05, 4.69) is 19.2 Å². The number of rotatable bonds is 10. The number of carboxylic acids is 1. The third kappa shape index (κ3) is 10.8. The minimum Gasteiger partial charge on any atom is -0.480 e. The van der Waals surface area contributed by atoms with Gasteiger partial charge < -0.3 is 16.2 Å². The Labute approximate surface area is 119 Å². The molecular weight excluding hydrogens is 264 g/mol. The van der Waals surface area contributed by atoms with Crippen molar-refractivity contribution in [2.75, 3.05) is 11.5 Å². The van der Waals surface area contributed by atoms with Gasteiger partial charge in [0.15, 0.2) is 0 Å². The van der Waals surface area contributed by atoms with Crippen molar-refractivity contribution in [3.8, 4) is 0 Å². The monoisotopic (exact) mass is 290 g/mol. The summed E-state index contributed by atoms with van der Waals surface area (Å²) in [6.45, 7) is 6.36. The fourth-order valence-electron chi connectivity index (χ4n) is 1.57. The Morgan fingerprint density at radius 2 is 1.89 bits per heavy atom. The first-order valence-electron chi connectivity index (χ1n) is 6.68. The molecule has 5 nitrogen and oxygen atoms in total. The molecule has 0 spiro atoms. The molecule has 2 unspecified atom stereocenters. The zero-order valence-electron chi connectivity index (χ0n) is 12.0. The molecule has 0 heterocycles. The molecule has 0 aromatic heterocycles. The van der Waals surface area contributed by atoms with Crippen LogP contribution in [-0.4, -0.2) is 40.6 Å². The van der Waals surface area contributed by atoms with E-state index >= 15 is 0 Å². The summed E-state index contributed by atoms with van der Waals surface area (Å²) in [4.78, 5) is 22.1. The van der Waals surface area contributed by atoms with Gasteiger partial charge in [0, 0.05) is 11.8 Å². The second kappa shape index (κ2) is 10.1. The molecule has 2 atom stereocenters. The summed E-state index contributed by atoms with van der Waals surface area (Å²) in [5.41, 5.74) is 5.35. The number of aliphatic carboxylic acids is 1. The highest BCUT2D eigenvalue weighted by Gasteiger charge is 2.13. The van der Waals surface area contributed by atoms with Crippen LogP contribution in [0.15, 0.2) is 0 Å². The van der Waals surface area contributed by atoms with Gasteiger partial charge in [-0.3, -0.25) is 9.59 Å². The zero-order valence-corrected chi connectivity index (χ0v) is 12.8. The molecule has 6 heteroatoms. The van der Waals surface area contributed by atoms with Crippen LogP contribution < -0.4 is 11.1 Å². The summed E-state index contributed by atoms with van der Waals surface area (Å²) < 4.78 is 0. The molecule has 0 aliphatic rings. The van der Waals surface area contributed by atoms with Crippen molar-refractivity contribution in [3.63, 3.8) is 0 Å². The van der Waals surface area contributed by atoms with Gasteiger partial charge in [0.2, 0.25) is 5.91 Å². The van der Waals surface area contributed by atoms with Crippen LogP contribution in [0.25, 0.3) is 0 Å². The first kappa shape index (κ1) is 18.2. The number of carboxylic acid groups (broad SMARTS) is 1. The van der Waals surface area contributed by atoms with E-state index in [-0.39, 0.29) is 23.5 Å². The minimum atomic E-state index is -1.03. The first-order valence-corrected chi connectivity index (χ1v) is 7.83. The van der Waals surface area contributed by atoms with Crippen molar-refractivity contribution in [2.24, 2.45) is 11.7 Å². The molecule has 0 fully saturated rings. The van der Waals surface area contributed by atoms with Gasteiger partial charge in [-0.15, -0.1) is 11.8 Å². The highest BCUT2D eigenvalue weighted by atomic mass is 32.2. The molecule has 4 N–H and O–H groups in total. The van der Waals surface area contributed by atoms with E-state index in [9.17, 15) is 9.59 Å². The van der Waals surface area contributed by atoms with Crippen LogP contribution in [0.5, 0.6) is 0 Å². The maximum atomic E-state index is 11.6. The molecular formula is C13H26N2O3S. The average Bonchev–Trinajstić information content (AvgIpc) is 2.27. The summed E-state index contributed by atoms with van der Waals surface area (Å²) in [5.74, 6) is 0.116. The molecule has 0 bridgehead atoms. The number of nitrogens with two attached hydrogens (primary N) is 1. The van der Waals surface area contributed by atoms with Crippen molar-refractivity contribution in [1.82, 2.24) is 5.32 Å². The number of hydrogen-bond donors (Lipinski definition) is 3. The van der Waals surface area contributed by atoms with E-state index in [1.165, 1.54) is 18.2 Å². The topological polar surface area (TPSA) is 92.4 Å². The van der Waals surface area contributed by atoms with Crippen LogP contribution in [0.1, 0.15) is 40.0 Å². The first-order chi connectivity index (χ1) is 8.82. The van der Waals surface area contributed by atoms with Gasteiger partial charge in [0.05, 0.1) is 5.75 Å². The van der Waals surface area contributed by atoms with Gasteiger partial charge in [-0.2, -0.15) is 0 Å². The van der Waals surface area contributed by atoms with Crippen LogP contribution in [-0.2, 0) is 9.59 Å². The van der Waals surface area contributed by atoms with Crippen molar-refractivity contribution in [3.05, 3.63) is 0 Å². The van der Waals surface area contributed by atoms with E-state index in [1.807, 2.05) is 6.92 Å². The Bertz CT molecular complexity index is 285. The highest BCUT2D eigenvalue weighted by Crippen LogP contribution is 2.08. The fourth-order valence-corrected chi connectivity index (χ4v) is 2.35. The fraction of sp³-hybridized carbons (Fsp3) is 0.846. The van der Waals surface area contributed by atoms with Crippen LogP contribution >= 0.6 is 11.8 Å². The Balaban J connectivity index is 3.65. The number of hydrogen-bond acceptors (Lipinski definition) is 4. The van der Waals surface area contributed by atoms with Crippen molar-refractivity contribution < 1.29 is 14.7 Å². The third-order valence-corrected chi connectivity index (χ3v) is 3.73. The van der Waals surface area contributed by atoms with Gasteiger partial charge in [-0.05, 0) is 19.3 Å². The van der Waals surface area contributed by atoms with E-state index in [4.69, 9.17) is 10.8 Å². The largest absolute Gasteiger partial charge is 0.480 e. The molecule has 0 saturated carbocycles. The third-order valence-electron chi connectivity index (χ3n) is 2.67. The van der Waals surface area contributed by atoms with Gasteiger partial charge in [-0.1, -0.05) is 26.7 Å². The predicted molar refractivity (Wildman–Crippen MR) is 79.2 cm³/mol. The molecule has 19 heavy (non-hydrogen) atoms. The predicted octanol–water partition coefficient (Wildman–Crippen LogP) is 1.46.